The number of benzene rings is 1. The highest BCUT2D eigenvalue weighted by molar-refractivity contribution is 14.0. The highest BCUT2D eigenvalue weighted by Gasteiger charge is 2.28. The monoisotopic (exact) mass is 454 g/mol. The van der Waals surface area contributed by atoms with Crippen molar-refractivity contribution in [3.05, 3.63) is 39.9 Å². The molecule has 8 nitrogen and oxygen atoms in total. The van der Waals surface area contributed by atoms with Crippen molar-refractivity contribution in [2.24, 2.45) is 4.99 Å². The molecule has 1 aliphatic heterocycles. The average molecular weight is 454 g/mol. The minimum absolute atomic E-state index is 0. The van der Waals surface area contributed by atoms with E-state index < -0.39 is 14.8 Å². The number of nitrogens with zero attached hydrogens (tertiary/aromatic N) is 2. The standard InChI is InChI=1S/C13H18N4O4S.HI/c1-14-13(16-11-6-7-22(20,21)9-11)15-8-10-2-4-12(5-3-10)17(18)19;/h2-5,11H,6-9H2,1H3,(H2,14,15,16);1H. The van der Waals surface area contributed by atoms with Crippen molar-refractivity contribution in [3.63, 3.8) is 0 Å². The molecule has 0 bridgehead atoms. The van der Waals surface area contributed by atoms with Gasteiger partial charge in [-0.3, -0.25) is 15.1 Å². The van der Waals surface area contributed by atoms with E-state index >= 15 is 0 Å². The molecule has 10 heteroatoms. The first-order valence-electron chi connectivity index (χ1n) is 6.80. The smallest absolute Gasteiger partial charge is 0.269 e. The van der Waals surface area contributed by atoms with Gasteiger partial charge in [-0.1, -0.05) is 12.1 Å². The van der Waals surface area contributed by atoms with Crippen molar-refractivity contribution in [1.29, 1.82) is 0 Å². The maximum absolute atomic E-state index is 11.4. The molecule has 0 radical (unpaired) electrons. The second kappa shape index (κ2) is 8.43. The van der Waals surface area contributed by atoms with Crippen LogP contribution in [0.25, 0.3) is 0 Å². The van der Waals surface area contributed by atoms with Crippen molar-refractivity contribution >= 4 is 45.5 Å². The molecule has 128 valence electrons. The minimum atomic E-state index is -2.94. The summed E-state index contributed by atoms with van der Waals surface area (Å²) in [6.07, 6.45) is 0.570. The van der Waals surface area contributed by atoms with Gasteiger partial charge in [-0.15, -0.1) is 24.0 Å². The van der Waals surface area contributed by atoms with Gasteiger partial charge in [-0.2, -0.15) is 0 Å². The second-order valence-corrected chi connectivity index (χ2v) is 7.32. The summed E-state index contributed by atoms with van der Waals surface area (Å²) in [7, 11) is -1.33. The van der Waals surface area contributed by atoms with Gasteiger partial charge in [0.15, 0.2) is 15.8 Å². The summed E-state index contributed by atoms with van der Waals surface area (Å²) in [5.41, 5.74) is 0.912. The molecule has 1 aromatic carbocycles. The molecular formula is C13H19IN4O4S. The van der Waals surface area contributed by atoms with Crippen molar-refractivity contribution in [3.8, 4) is 0 Å². The van der Waals surface area contributed by atoms with E-state index in [4.69, 9.17) is 0 Å². The van der Waals surface area contributed by atoms with E-state index in [-0.39, 0.29) is 47.2 Å². The van der Waals surface area contributed by atoms with Crippen LogP contribution < -0.4 is 10.6 Å². The Kier molecular flexibility index (Phi) is 7.19. The fourth-order valence-corrected chi connectivity index (χ4v) is 3.89. The molecule has 23 heavy (non-hydrogen) atoms. The normalized spacial score (nSPS) is 19.7. The Hall–Kier alpha value is -1.43. The lowest BCUT2D eigenvalue weighted by molar-refractivity contribution is -0.384. The number of nitro groups is 1. The lowest BCUT2D eigenvalue weighted by Gasteiger charge is -2.16. The van der Waals surface area contributed by atoms with Gasteiger partial charge in [0.05, 0.1) is 16.4 Å². The highest BCUT2D eigenvalue weighted by atomic mass is 127. The summed E-state index contributed by atoms with van der Waals surface area (Å²) in [6, 6.07) is 6.08. The number of sulfone groups is 1. The summed E-state index contributed by atoms with van der Waals surface area (Å²) < 4.78 is 22.8. The predicted molar refractivity (Wildman–Crippen MR) is 98.9 cm³/mol. The van der Waals surface area contributed by atoms with Gasteiger partial charge in [0, 0.05) is 31.8 Å². The first-order chi connectivity index (χ1) is 10.4. The molecule has 0 spiro atoms. The summed E-state index contributed by atoms with van der Waals surface area (Å²) in [4.78, 5) is 14.2. The summed E-state index contributed by atoms with van der Waals surface area (Å²) in [5.74, 6) is 0.829. The van der Waals surface area contributed by atoms with Crippen LogP contribution in [0.5, 0.6) is 0 Å². The molecule has 1 heterocycles. The predicted octanol–water partition coefficient (Wildman–Crippen LogP) is 1.06. The van der Waals surface area contributed by atoms with Gasteiger partial charge < -0.3 is 10.6 Å². The molecule has 2 N–H and O–H groups in total. The van der Waals surface area contributed by atoms with Gasteiger partial charge in [0.25, 0.3) is 5.69 Å². The minimum Gasteiger partial charge on any atom is -0.353 e. The van der Waals surface area contributed by atoms with Gasteiger partial charge in [-0.05, 0) is 12.0 Å². The maximum atomic E-state index is 11.4. The molecule has 1 aromatic rings. The Bertz CT molecular complexity index is 676. The third kappa shape index (κ3) is 5.94. The molecule has 0 saturated carbocycles. The molecule has 1 fully saturated rings. The molecule has 0 amide bonds. The van der Waals surface area contributed by atoms with Crippen LogP contribution in [0.2, 0.25) is 0 Å². The molecule has 1 aliphatic rings. The Labute approximate surface area is 151 Å². The SMILES string of the molecule is CN=C(NCc1ccc([N+](=O)[O-])cc1)NC1CCS(=O)(=O)C1.I. The van der Waals surface area contributed by atoms with E-state index in [1.807, 2.05) is 0 Å². The fourth-order valence-electron chi connectivity index (χ4n) is 2.22. The molecule has 1 atom stereocenters. The maximum Gasteiger partial charge on any atom is 0.269 e. The van der Waals surface area contributed by atoms with E-state index in [0.29, 0.717) is 18.9 Å². The summed E-state index contributed by atoms with van der Waals surface area (Å²) in [6.45, 7) is 0.442. The largest absolute Gasteiger partial charge is 0.353 e. The first kappa shape index (κ1) is 19.6. The third-order valence-electron chi connectivity index (χ3n) is 3.40. The van der Waals surface area contributed by atoms with Crippen molar-refractivity contribution < 1.29 is 13.3 Å². The van der Waals surface area contributed by atoms with Gasteiger partial charge in [0.2, 0.25) is 0 Å². The van der Waals surface area contributed by atoms with Crippen LogP contribution in [0.1, 0.15) is 12.0 Å². The first-order valence-corrected chi connectivity index (χ1v) is 8.63. The van der Waals surface area contributed by atoms with Gasteiger partial charge >= 0.3 is 0 Å². The molecule has 0 aliphatic carbocycles. The lowest BCUT2D eigenvalue weighted by atomic mass is 10.2. The van der Waals surface area contributed by atoms with Crippen LogP contribution in [-0.2, 0) is 16.4 Å². The Morgan fingerprint density at radius 3 is 2.52 bits per heavy atom. The summed E-state index contributed by atoms with van der Waals surface area (Å²) in [5, 5.41) is 16.7. The van der Waals surface area contributed by atoms with Crippen molar-refractivity contribution in [1.82, 2.24) is 10.6 Å². The number of halogens is 1. The fraction of sp³-hybridized carbons (Fsp3) is 0.462. The Morgan fingerprint density at radius 2 is 2.04 bits per heavy atom. The number of guanidine groups is 1. The van der Waals surface area contributed by atoms with E-state index in [1.165, 1.54) is 12.1 Å². The molecule has 2 rings (SSSR count). The third-order valence-corrected chi connectivity index (χ3v) is 5.17. The second-order valence-electron chi connectivity index (χ2n) is 5.09. The average Bonchev–Trinajstić information content (AvgIpc) is 2.82. The number of nitro benzene ring substituents is 1. The van der Waals surface area contributed by atoms with Crippen LogP contribution in [0, 0.1) is 10.1 Å². The number of nitrogens with one attached hydrogen (secondary N) is 2. The number of rotatable bonds is 4. The number of aliphatic imine (C=N–C) groups is 1. The Balaban J connectivity index is 0.00000264. The number of hydrogen-bond acceptors (Lipinski definition) is 5. The molecule has 1 saturated heterocycles. The molecule has 0 aromatic heterocycles. The lowest BCUT2D eigenvalue weighted by Crippen LogP contribution is -2.43. The topological polar surface area (TPSA) is 114 Å². The van der Waals surface area contributed by atoms with Crippen LogP contribution in [0.4, 0.5) is 5.69 Å². The van der Waals surface area contributed by atoms with E-state index in [1.54, 1.807) is 19.2 Å². The number of hydrogen-bond donors (Lipinski definition) is 2. The van der Waals surface area contributed by atoms with Crippen LogP contribution >= 0.6 is 24.0 Å². The van der Waals surface area contributed by atoms with E-state index in [0.717, 1.165) is 5.56 Å². The zero-order chi connectivity index (χ0) is 16.2. The highest BCUT2D eigenvalue weighted by Crippen LogP contribution is 2.12. The molecular weight excluding hydrogens is 435 g/mol. The van der Waals surface area contributed by atoms with E-state index in [9.17, 15) is 18.5 Å². The zero-order valence-electron chi connectivity index (χ0n) is 12.6. The quantitative estimate of drug-likeness (QED) is 0.231. The van der Waals surface area contributed by atoms with Crippen LogP contribution in [0.3, 0.4) is 0 Å². The zero-order valence-corrected chi connectivity index (χ0v) is 15.7. The van der Waals surface area contributed by atoms with Crippen LogP contribution in [0.15, 0.2) is 29.3 Å². The van der Waals surface area contributed by atoms with Crippen molar-refractivity contribution in [2.75, 3.05) is 18.6 Å². The summed E-state index contributed by atoms with van der Waals surface area (Å²) >= 11 is 0. The van der Waals surface area contributed by atoms with E-state index in [2.05, 4.69) is 15.6 Å². The number of non-ortho nitro benzene ring substituents is 1. The van der Waals surface area contributed by atoms with Gasteiger partial charge in [0.1, 0.15) is 0 Å². The Morgan fingerprint density at radius 1 is 1.39 bits per heavy atom. The molecule has 1 unspecified atom stereocenters. The van der Waals surface area contributed by atoms with Crippen LogP contribution in [-0.4, -0.2) is 43.9 Å². The van der Waals surface area contributed by atoms with Crippen molar-refractivity contribution in [2.45, 2.75) is 19.0 Å². The van der Waals surface area contributed by atoms with Gasteiger partial charge in [-0.25, -0.2) is 8.42 Å².